The Morgan fingerprint density at radius 2 is 2.04 bits per heavy atom. The van der Waals surface area contributed by atoms with Crippen LogP contribution in [-0.2, 0) is 13.6 Å². The summed E-state index contributed by atoms with van der Waals surface area (Å²) in [5, 5.41) is 8.97. The van der Waals surface area contributed by atoms with Crippen molar-refractivity contribution in [1.29, 1.82) is 0 Å². The fourth-order valence-electron chi connectivity index (χ4n) is 4.20. The van der Waals surface area contributed by atoms with Gasteiger partial charge in [-0.25, -0.2) is 0 Å². The molecule has 2 aromatic heterocycles. The van der Waals surface area contributed by atoms with E-state index in [0.717, 1.165) is 62.8 Å². The van der Waals surface area contributed by atoms with Crippen molar-refractivity contribution in [2.75, 3.05) is 26.2 Å². The minimum atomic E-state index is 0.103. The third-order valence-electron chi connectivity index (χ3n) is 5.73. The molecular formula is C19H28N6O. The van der Waals surface area contributed by atoms with Gasteiger partial charge in [-0.05, 0) is 44.8 Å². The number of nitrogens with zero attached hydrogens (tertiary/aromatic N) is 5. The first-order valence-electron chi connectivity index (χ1n) is 9.75. The summed E-state index contributed by atoms with van der Waals surface area (Å²) >= 11 is 0. The van der Waals surface area contributed by atoms with Crippen LogP contribution in [0.5, 0.6) is 0 Å². The fraction of sp³-hybridized carbons (Fsp3) is 0.632. The predicted octanol–water partition coefficient (Wildman–Crippen LogP) is 2.15. The van der Waals surface area contributed by atoms with E-state index < -0.39 is 0 Å². The molecule has 2 aliphatic rings. The highest BCUT2D eigenvalue weighted by Gasteiger charge is 2.29. The van der Waals surface area contributed by atoms with E-state index in [4.69, 9.17) is 0 Å². The molecule has 0 saturated carbocycles. The maximum Gasteiger partial charge on any atom is 0.255 e. The van der Waals surface area contributed by atoms with Crippen LogP contribution in [-0.4, -0.2) is 61.6 Å². The van der Waals surface area contributed by atoms with Crippen molar-refractivity contribution in [3.63, 3.8) is 0 Å². The van der Waals surface area contributed by atoms with E-state index in [9.17, 15) is 4.79 Å². The van der Waals surface area contributed by atoms with Gasteiger partial charge in [0.25, 0.3) is 5.91 Å². The number of H-pyrrole nitrogens is 1. The molecule has 7 nitrogen and oxygen atoms in total. The molecule has 7 heteroatoms. The highest BCUT2D eigenvalue weighted by Crippen LogP contribution is 2.27. The monoisotopic (exact) mass is 356 g/mol. The number of hydrogen-bond acceptors (Lipinski definition) is 4. The van der Waals surface area contributed by atoms with Gasteiger partial charge in [0.1, 0.15) is 11.6 Å². The van der Waals surface area contributed by atoms with Crippen molar-refractivity contribution in [1.82, 2.24) is 29.5 Å². The Morgan fingerprint density at radius 3 is 2.81 bits per heavy atom. The lowest BCUT2D eigenvalue weighted by molar-refractivity contribution is 0.0703. The molecule has 26 heavy (non-hydrogen) atoms. The predicted molar refractivity (Wildman–Crippen MR) is 98.8 cm³/mol. The third kappa shape index (κ3) is 3.53. The summed E-state index contributed by atoms with van der Waals surface area (Å²) in [6, 6.07) is 1.84. The fourth-order valence-corrected chi connectivity index (χ4v) is 4.20. The van der Waals surface area contributed by atoms with Crippen LogP contribution >= 0.6 is 0 Å². The van der Waals surface area contributed by atoms with E-state index in [2.05, 4.69) is 31.7 Å². The summed E-state index contributed by atoms with van der Waals surface area (Å²) in [6.07, 6.45) is 9.54. The summed E-state index contributed by atoms with van der Waals surface area (Å²) in [6.45, 7) is 4.73. The highest BCUT2D eigenvalue weighted by atomic mass is 16.2. The molecule has 0 spiro atoms. The maximum atomic E-state index is 12.6. The number of carbonyl (C=O) groups excluding carboxylic acids is 1. The normalized spacial score (nSPS) is 21.9. The molecule has 1 unspecified atom stereocenters. The molecule has 0 bridgehead atoms. The topological polar surface area (TPSA) is 70.1 Å². The number of carbonyl (C=O) groups is 1. The van der Waals surface area contributed by atoms with Crippen molar-refractivity contribution in [3.05, 3.63) is 35.7 Å². The van der Waals surface area contributed by atoms with Crippen LogP contribution in [0.15, 0.2) is 18.5 Å². The first-order chi connectivity index (χ1) is 12.7. The van der Waals surface area contributed by atoms with Crippen LogP contribution in [0.3, 0.4) is 0 Å². The average molecular weight is 356 g/mol. The molecule has 0 aromatic carbocycles. The van der Waals surface area contributed by atoms with Gasteiger partial charge < -0.3 is 14.5 Å². The Balaban J connectivity index is 1.44. The molecule has 2 aliphatic heterocycles. The van der Waals surface area contributed by atoms with Crippen LogP contribution in [0, 0.1) is 0 Å². The number of nitrogens with one attached hydrogen (secondary N) is 1. The van der Waals surface area contributed by atoms with Gasteiger partial charge >= 0.3 is 0 Å². The molecule has 2 fully saturated rings. The van der Waals surface area contributed by atoms with Gasteiger partial charge in [-0.3, -0.25) is 9.69 Å². The third-order valence-corrected chi connectivity index (χ3v) is 5.73. The van der Waals surface area contributed by atoms with Crippen LogP contribution < -0.4 is 0 Å². The molecule has 2 saturated heterocycles. The van der Waals surface area contributed by atoms with Crippen molar-refractivity contribution in [2.24, 2.45) is 7.05 Å². The van der Waals surface area contributed by atoms with Gasteiger partial charge in [0.2, 0.25) is 0 Å². The molecule has 4 heterocycles. The zero-order valence-corrected chi connectivity index (χ0v) is 15.5. The average Bonchev–Trinajstić information content (AvgIpc) is 3.33. The number of aromatic amines is 1. The Labute approximate surface area is 154 Å². The van der Waals surface area contributed by atoms with Crippen LogP contribution in [0.2, 0.25) is 0 Å². The van der Waals surface area contributed by atoms with E-state index in [1.165, 1.54) is 19.3 Å². The van der Waals surface area contributed by atoms with Gasteiger partial charge in [0, 0.05) is 38.4 Å². The summed E-state index contributed by atoms with van der Waals surface area (Å²) in [4.78, 5) is 20.0. The maximum absolute atomic E-state index is 12.6. The van der Waals surface area contributed by atoms with Crippen molar-refractivity contribution < 1.29 is 4.79 Å². The molecule has 0 aliphatic carbocycles. The summed E-state index contributed by atoms with van der Waals surface area (Å²) in [7, 11) is 2.07. The van der Waals surface area contributed by atoms with Gasteiger partial charge in [0.15, 0.2) is 0 Å². The van der Waals surface area contributed by atoms with E-state index in [0.29, 0.717) is 0 Å². The Hall–Kier alpha value is -2.15. The SMILES string of the molecule is Cn1c(CN2CCCCC2)nnc1C1CCCN(C(=O)c2cc[nH]c2)C1. The Kier molecular flexibility index (Phi) is 5.06. The molecular weight excluding hydrogens is 328 g/mol. The molecule has 4 rings (SSSR count). The number of hydrogen-bond donors (Lipinski definition) is 1. The van der Waals surface area contributed by atoms with Gasteiger partial charge in [0.05, 0.1) is 12.1 Å². The smallest absolute Gasteiger partial charge is 0.255 e. The van der Waals surface area contributed by atoms with Crippen LogP contribution in [0.25, 0.3) is 0 Å². The summed E-state index contributed by atoms with van der Waals surface area (Å²) in [5.41, 5.74) is 0.731. The van der Waals surface area contributed by atoms with Crippen molar-refractivity contribution in [3.8, 4) is 0 Å². The minimum Gasteiger partial charge on any atom is -0.367 e. The minimum absolute atomic E-state index is 0.103. The first-order valence-corrected chi connectivity index (χ1v) is 9.75. The van der Waals surface area contributed by atoms with Crippen molar-refractivity contribution in [2.45, 2.75) is 44.6 Å². The standard InChI is InChI=1S/C19H28N6O/c1-23-17(14-24-9-3-2-4-10-24)21-22-18(23)16-6-5-11-25(13-16)19(26)15-7-8-20-12-15/h7-8,12,16,20H,2-6,9-11,13-14H2,1H3. The van der Waals surface area contributed by atoms with E-state index in [-0.39, 0.29) is 11.8 Å². The molecule has 1 atom stereocenters. The zero-order chi connectivity index (χ0) is 17.9. The quantitative estimate of drug-likeness (QED) is 0.911. The second kappa shape index (κ2) is 7.61. The highest BCUT2D eigenvalue weighted by molar-refractivity contribution is 5.94. The Morgan fingerprint density at radius 1 is 1.19 bits per heavy atom. The first kappa shape index (κ1) is 17.3. The number of amides is 1. The number of piperidine rings is 2. The van der Waals surface area contributed by atoms with Gasteiger partial charge in [-0.1, -0.05) is 6.42 Å². The molecule has 1 amide bonds. The lowest BCUT2D eigenvalue weighted by Crippen LogP contribution is -2.39. The second-order valence-electron chi connectivity index (χ2n) is 7.56. The molecule has 1 N–H and O–H groups in total. The summed E-state index contributed by atoms with van der Waals surface area (Å²) < 4.78 is 2.16. The van der Waals surface area contributed by atoms with Crippen LogP contribution in [0.4, 0.5) is 0 Å². The van der Waals surface area contributed by atoms with Crippen molar-refractivity contribution >= 4 is 5.91 Å². The number of aromatic nitrogens is 4. The molecule has 2 aromatic rings. The summed E-state index contributed by atoms with van der Waals surface area (Å²) in [5.74, 6) is 2.42. The van der Waals surface area contributed by atoms with E-state index >= 15 is 0 Å². The second-order valence-corrected chi connectivity index (χ2v) is 7.56. The molecule has 0 radical (unpaired) electrons. The van der Waals surface area contributed by atoms with Gasteiger partial charge in [-0.2, -0.15) is 0 Å². The molecule has 140 valence electrons. The largest absolute Gasteiger partial charge is 0.367 e. The van der Waals surface area contributed by atoms with E-state index in [1.54, 1.807) is 12.4 Å². The zero-order valence-electron chi connectivity index (χ0n) is 15.5. The number of likely N-dealkylation sites (tertiary alicyclic amines) is 2. The lowest BCUT2D eigenvalue weighted by Gasteiger charge is -2.32. The lowest BCUT2D eigenvalue weighted by atomic mass is 9.96. The van der Waals surface area contributed by atoms with Gasteiger partial charge in [-0.15, -0.1) is 10.2 Å². The van der Waals surface area contributed by atoms with Crippen LogP contribution in [0.1, 0.15) is 60.0 Å². The van der Waals surface area contributed by atoms with E-state index in [1.807, 2.05) is 11.0 Å². The number of rotatable bonds is 4. The Bertz CT molecular complexity index is 731.